The van der Waals surface area contributed by atoms with Crippen molar-refractivity contribution in [1.82, 2.24) is 4.31 Å². The summed E-state index contributed by atoms with van der Waals surface area (Å²) in [6, 6.07) is 4.83. The number of halogens is 1. The highest BCUT2D eigenvalue weighted by Crippen LogP contribution is 2.31. The van der Waals surface area contributed by atoms with Gasteiger partial charge in [-0.25, -0.2) is 8.42 Å². The molecule has 0 spiro atoms. The summed E-state index contributed by atoms with van der Waals surface area (Å²) in [6.45, 7) is 3.38. The van der Waals surface area contributed by atoms with Crippen molar-refractivity contribution in [2.45, 2.75) is 31.1 Å². The van der Waals surface area contributed by atoms with Gasteiger partial charge in [-0.2, -0.15) is 4.31 Å². The van der Waals surface area contributed by atoms with Gasteiger partial charge in [-0.3, -0.25) is 0 Å². The van der Waals surface area contributed by atoms with E-state index >= 15 is 0 Å². The molecule has 4 nitrogen and oxygen atoms in total. The molecule has 1 unspecified atom stereocenters. The Balaban J connectivity index is 2.23. The third-order valence-corrected chi connectivity index (χ3v) is 6.36. The molecule has 2 rings (SSSR count). The molecular weight excluding hydrogens is 328 g/mol. The molecular formula is C13H19BrN2O2S. The van der Waals surface area contributed by atoms with Gasteiger partial charge >= 0.3 is 0 Å². The van der Waals surface area contributed by atoms with Crippen molar-refractivity contribution in [3.05, 3.63) is 22.7 Å². The van der Waals surface area contributed by atoms with E-state index in [9.17, 15) is 8.42 Å². The molecule has 0 bridgehead atoms. The Morgan fingerprint density at radius 3 is 2.84 bits per heavy atom. The number of anilines is 1. The van der Waals surface area contributed by atoms with Crippen LogP contribution in [0.5, 0.6) is 0 Å². The number of nitrogens with two attached hydrogens (primary N) is 1. The van der Waals surface area contributed by atoms with Gasteiger partial charge in [0.05, 0.1) is 4.90 Å². The Bertz CT molecular complexity index is 560. The van der Waals surface area contributed by atoms with Crippen LogP contribution in [-0.4, -0.2) is 25.8 Å². The fourth-order valence-corrected chi connectivity index (χ4v) is 5.11. The van der Waals surface area contributed by atoms with Gasteiger partial charge in [0.2, 0.25) is 10.0 Å². The van der Waals surface area contributed by atoms with E-state index < -0.39 is 10.0 Å². The molecule has 19 heavy (non-hydrogen) atoms. The Morgan fingerprint density at radius 2 is 2.21 bits per heavy atom. The monoisotopic (exact) mass is 346 g/mol. The van der Waals surface area contributed by atoms with Crippen molar-refractivity contribution >= 4 is 31.6 Å². The summed E-state index contributed by atoms with van der Waals surface area (Å²) in [7, 11) is -3.41. The zero-order chi connectivity index (χ0) is 14.0. The van der Waals surface area contributed by atoms with Gasteiger partial charge in [-0.05, 0) is 52.9 Å². The highest BCUT2D eigenvalue weighted by Gasteiger charge is 2.33. The van der Waals surface area contributed by atoms with Crippen LogP contribution in [0.25, 0.3) is 0 Å². The van der Waals surface area contributed by atoms with Crippen LogP contribution in [0.2, 0.25) is 0 Å². The molecule has 106 valence electrons. The lowest BCUT2D eigenvalue weighted by atomic mass is 10.0. The van der Waals surface area contributed by atoms with Crippen LogP contribution in [-0.2, 0) is 10.0 Å². The number of nitrogen functional groups attached to an aromatic ring is 1. The number of benzene rings is 1. The average molecular weight is 347 g/mol. The lowest BCUT2D eigenvalue weighted by Gasteiger charge is -2.17. The summed E-state index contributed by atoms with van der Waals surface area (Å²) in [6.07, 6.45) is 3.15. The Hall–Kier alpha value is -0.590. The fourth-order valence-electron chi connectivity index (χ4n) is 2.52. The van der Waals surface area contributed by atoms with Crippen molar-refractivity contribution in [2.75, 3.05) is 18.8 Å². The number of hydrogen-bond donors (Lipinski definition) is 1. The maximum absolute atomic E-state index is 12.6. The molecule has 0 saturated carbocycles. The summed E-state index contributed by atoms with van der Waals surface area (Å²) >= 11 is 3.29. The van der Waals surface area contributed by atoms with Crippen LogP contribution in [0.4, 0.5) is 5.69 Å². The molecule has 1 aliphatic rings. The zero-order valence-electron chi connectivity index (χ0n) is 11.0. The first-order chi connectivity index (χ1) is 8.95. The van der Waals surface area contributed by atoms with Crippen molar-refractivity contribution in [1.29, 1.82) is 0 Å². The van der Waals surface area contributed by atoms with Crippen LogP contribution in [0.15, 0.2) is 27.6 Å². The van der Waals surface area contributed by atoms with Crippen LogP contribution in [0.1, 0.15) is 26.2 Å². The van der Waals surface area contributed by atoms with Gasteiger partial charge < -0.3 is 5.73 Å². The summed E-state index contributed by atoms with van der Waals surface area (Å²) in [5.41, 5.74) is 6.20. The van der Waals surface area contributed by atoms with Gasteiger partial charge in [-0.15, -0.1) is 0 Å². The lowest BCUT2D eigenvalue weighted by Crippen LogP contribution is -2.29. The van der Waals surface area contributed by atoms with Crippen LogP contribution in [0.3, 0.4) is 0 Å². The summed E-state index contributed by atoms with van der Waals surface area (Å²) in [5.74, 6) is 0.493. The SMILES string of the molecule is CCCC1CCN(S(=O)(=O)c2ccc(N)cc2Br)C1. The quantitative estimate of drug-likeness (QED) is 0.852. The largest absolute Gasteiger partial charge is 0.399 e. The van der Waals surface area contributed by atoms with Crippen LogP contribution >= 0.6 is 15.9 Å². The number of rotatable bonds is 4. The van der Waals surface area contributed by atoms with E-state index in [-0.39, 0.29) is 0 Å². The fraction of sp³-hybridized carbons (Fsp3) is 0.538. The molecule has 1 saturated heterocycles. The molecule has 1 atom stereocenters. The maximum Gasteiger partial charge on any atom is 0.244 e. The molecule has 1 aromatic rings. The first-order valence-electron chi connectivity index (χ1n) is 6.50. The average Bonchev–Trinajstić information content (AvgIpc) is 2.78. The minimum absolute atomic E-state index is 0.304. The first kappa shape index (κ1) is 14.8. The minimum Gasteiger partial charge on any atom is -0.399 e. The van der Waals surface area contributed by atoms with Crippen molar-refractivity contribution in [3.8, 4) is 0 Å². The molecule has 0 amide bonds. The Kier molecular flexibility index (Phi) is 4.53. The van der Waals surface area contributed by atoms with Crippen molar-refractivity contribution < 1.29 is 8.42 Å². The van der Waals surface area contributed by atoms with Gasteiger partial charge in [0.25, 0.3) is 0 Å². The molecule has 0 aliphatic carbocycles. The molecule has 2 N–H and O–H groups in total. The summed E-state index contributed by atoms with van der Waals surface area (Å²) in [5, 5.41) is 0. The van der Waals surface area contributed by atoms with E-state index in [1.165, 1.54) is 0 Å². The minimum atomic E-state index is -3.41. The van der Waals surface area contributed by atoms with Gasteiger partial charge in [0.15, 0.2) is 0 Å². The van der Waals surface area contributed by atoms with E-state index in [0.717, 1.165) is 19.3 Å². The highest BCUT2D eigenvalue weighted by atomic mass is 79.9. The number of hydrogen-bond acceptors (Lipinski definition) is 3. The standard InChI is InChI=1S/C13H19BrN2O2S/c1-2-3-10-6-7-16(9-10)19(17,18)13-5-4-11(15)8-12(13)14/h4-5,8,10H,2-3,6-7,9,15H2,1H3. The zero-order valence-corrected chi connectivity index (χ0v) is 13.4. The second-order valence-corrected chi connectivity index (χ2v) is 7.76. The number of nitrogens with zero attached hydrogens (tertiary/aromatic N) is 1. The van der Waals surface area contributed by atoms with E-state index in [4.69, 9.17) is 5.73 Å². The second kappa shape index (κ2) is 5.81. The normalized spacial score (nSPS) is 20.8. The first-order valence-corrected chi connectivity index (χ1v) is 8.73. The molecule has 1 heterocycles. The van der Waals surface area contributed by atoms with Gasteiger partial charge in [-0.1, -0.05) is 13.3 Å². The summed E-state index contributed by atoms with van der Waals surface area (Å²) < 4.78 is 27.3. The Labute approximate surface area is 123 Å². The topological polar surface area (TPSA) is 63.4 Å². The summed E-state index contributed by atoms with van der Waals surface area (Å²) in [4.78, 5) is 0.304. The van der Waals surface area contributed by atoms with Gasteiger partial charge in [0, 0.05) is 23.2 Å². The predicted octanol–water partition coefficient (Wildman–Crippen LogP) is 2.84. The molecule has 0 aromatic heterocycles. The van der Waals surface area contributed by atoms with E-state index in [1.807, 2.05) is 0 Å². The molecule has 0 radical (unpaired) electrons. The third-order valence-electron chi connectivity index (χ3n) is 3.52. The second-order valence-electron chi connectivity index (χ2n) is 5.00. The predicted molar refractivity (Wildman–Crippen MR) is 80.3 cm³/mol. The smallest absolute Gasteiger partial charge is 0.244 e. The maximum atomic E-state index is 12.6. The molecule has 1 aromatic carbocycles. The molecule has 1 fully saturated rings. The van der Waals surface area contributed by atoms with Crippen LogP contribution < -0.4 is 5.73 Å². The lowest BCUT2D eigenvalue weighted by molar-refractivity contribution is 0.444. The highest BCUT2D eigenvalue weighted by molar-refractivity contribution is 9.10. The van der Waals surface area contributed by atoms with Gasteiger partial charge in [0.1, 0.15) is 0 Å². The molecule has 1 aliphatic heterocycles. The third kappa shape index (κ3) is 3.12. The van der Waals surface area contributed by atoms with E-state index in [0.29, 0.717) is 34.1 Å². The Morgan fingerprint density at radius 1 is 1.47 bits per heavy atom. The number of sulfonamides is 1. The van der Waals surface area contributed by atoms with Crippen molar-refractivity contribution in [3.63, 3.8) is 0 Å². The van der Waals surface area contributed by atoms with Crippen molar-refractivity contribution in [2.24, 2.45) is 5.92 Å². The molecule has 6 heteroatoms. The van der Waals surface area contributed by atoms with Crippen LogP contribution in [0, 0.1) is 5.92 Å². The van der Waals surface area contributed by atoms with E-state index in [2.05, 4.69) is 22.9 Å². The van der Waals surface area contributed by atoms with E-state index in [1.54, 1.807) is 22.5 Å².